The Morgan fingerprint density at radius 2 is 2.04 bits per heavy atom. The van der Waals surface area contributed by atoms with Gasteiger partial charge in [-0.3, -0.25) is 4.90 Å². The summed E-state index contributed by atoms with van der Waals surface area (Å²) in [5.41, 5.74) is 2.40. The van der Waals surface area contributed by atoms with Gasteiger partial charge in [-0.05, 0) is 45.7 Å². The summed E-state index contributed by atoms with van der Waals surface area (Å²) in [6.07, 6.45) is 1.43. The maximum Gasteiger partial charge on any atom is 0.401 e. The van der Waals surface area contributed by atoms with Crippen LogP contribution in [0.2, 0.25) is 0 Å². The molecule has 0 radical (unpaired) electrons. The summed E-state index contributed by atoms with van der Waals surface area (Å²) in [5.74, 6) is 0.581. The minimum absolute atomic E-state index is 0.0865. The Balaban J connectivity index is 1.64. The molecular formula is C19H24F3N5O. The van der Waals surface area contributed by atoms with E-state index >= 15 is 0 Å². The van der Waals surface area contributed by atoms with Crippen molar-refractivity contribution in [3.63, 3.8) is 0 Å². The second-order valence-corrected chi connectivity index (χ2v) is 7.74. The van der Waals surface area contributed by atoms with Crippen molar-refractivity contribution in [2.24, 2.45) is 0 Å². The van der Waals surface area contributed by atoms with Crippen LogP contribution in [0, 0.1) is 0 Å². The third-order valence-electron chi connectivity index (χ3n) is 5.72. The minimum atomic E-state index is -4.18. The van der Waals surface area contributed by atoms with Crippen LogP contribution in [0.25, 0.3) is 22.1 Å². The summed E-state index contributed by atoms with van der Waals surface area (Å²) in [4.78, 5) is 13.5. The molecule has 2 N–H and O–H groups in total. The zero-order chi connectivity index (χ0) is 20.1. The summed E-state index contributed by atoms with van der Waals surface area (Å²) >= 11 is 0. The first kappa shape index (κ1) is 19.2. The van der Waals surface area contributed by atoms with E-state index in [1.54, 1.807) is 20.2 Å². The lowest BCUT2D eigenvalue weighted by Crippen LogP contribution is -2.41. The third kappa shape index (κ3) is 3.48. The largest absolute Gasteiger partial charge is 0.401 e. The van der Waals surface area contributed by atoms with Gasteiger partial charge in [0.15, 0.2) is 0 Å². The predicted octanol–water partition coefficient (Wildman–Crippen LogP) is 3.94. The molecule has 0 saturated heterocycles. The number of hydrogen-bond acceptors (Lipinski definition) is 4. The van der Waals surface area contributed by atoms with Crippen LogP contribution < -0.4 is 0 Å². The Bertz CT molecular complexity index is 969. The van der Waals surface area contributed by atoms with E-state index < -0.39 is 18.8 Å². The highest BCUT2D eigenvalue weighted by Gasteiger charge is 2.34. The van der Waals surface area contributed by atoms with E-state index in [4.69, 9.17) is 0 Å². The Kier molecular flexibility index (Phi) is 4.83. The number of hydrogen-bond donors (Lipinski definition) is 2. The molecule has 0 bridgehead atoms. The number of rotatable bonds is 4. The molecule has 9 heteroatoms. The average molecular weight is 395 g/mol. The van der Waals surface area contributed by atoms with Gasteiger partial charge in [0.05, 0.1) is 18.3 Å². The minimum Gasteiger partial charge on any atom is -0.385 e. The Labute approximate surface area is 160 Å². The van der Waals surface area contributed by atoms with Crippen LogP contribution in [0.5, 0.6) is 0 Å². The summed E-state index contributed by atoms with van der Waals surface area (Å²) < 4.78 is 40.2. The quantitative estimate of drug-likeness (QED) is 0.702. The highest BCUT2D eigenvalue weighted by molar-refractivity contribution is 6.01. The van der Waals surface area contributed by atoms with E-state index in [1.807, 2.05) is 12.3 Å². The van der Waals surface area contributed by atoms with Gasteiger partial charge in [0.1, 0.15) is 23.1 Å². The molecular weight excluding hydrogens is 371 g/mol. The highest BCUT2D eigenvalue weighted by Crippen LogP contribution is 2.37. The van der Waals surface area contributed by atoms with Crippen LogP contribution in [0.3, 0.4) is 0 Å². The lowest BCUT2D eigenvalue weighted by atomic mass is 9.89. The SMILES string of the molecule is C[C@@H](O)c1nc2cnc3[nH]ccc3c2n1[C@H]1CC[C@H](N(C)CC(F)(F)F)CC1. The van der Waals surface area contributed by atoms with Crippen LogP contribution in [0.15, 0.2) is 18.5 Å². The van der Waals surface area contributed by atoms with Crippen LogP contribution in [0.1, 0.15) is 50.6 Å². The highest BCUT2D eigenvalue weighted by atomic mass is 19.4. The molecule has 1 aliphatic rings. The molecule has 1 fully saturated rings. The first-order valence-electron chi connectivity index (χ1n) is 9.53. The van der Waals surface area contributed by atoms with Gasteiger partial charge >= 0.3 is 6.18 Å². The van der Waals surface area contributed by atoms with Gasteiger partial charge in [-0.1, -0.05) is 0 Å². The number of aliphatic hydroxyl groups excluding tert-OH is 1. The van der Waals surface area contributed by atoms with E-state index in [0.29, 0.717) is 18.7 Å². The van der Waals surface area contributed by atoms with E-state index in [1.165, 1.54) is 4.90 Å². The van der Waals surface area contributed by atoms with Gasteiger partial charge in [0.25, 0.3) is 0 Å². The third-order valence-corrected chi connectivity index (χ3v) is 5.72. The fraction of sp³-hybridized carbons (Fsp3) is 0.579. The topological polar surface area (TPSA) is 70.0 Å². The zero-order valence-electron chi connectivity index (χ0n) is 15.9. The van der Waals surface area contributed by atoms with Crippen molar-refractivity contribution in [2.45, 2.75) is 57.0 Å². The van der Waals surface area contributed by atoms with E-state index in [0.717, 1.165) is 34.9 Å². The molecule has 0 spiro atoms. The van der Waals surface area contributed by atoms with Crippen molar-refractivity contribution < 1.29 is 18.3 Å². The van der Waals surface area contributed by atoms with Crippen molar-refractivity contribution in [3.05, 3.63) is 24.3 Å². The molecule has 0 aliphatic heterocycles. The number of aliphatic hydroxyl groups is 1. The van der Waals surface area contributed by atoms with Gasteiger partial charge in [-0.25, -0.2) is 9.97 Å². The Hall–Kier alpha value is -2.13. The van der Waals surface area contributed by atoms with E-state index in [9.17, 15) is 18.3 Å². The van der Waals surface area contributed by atoms with Crippen LogP contribution >= 0.6 is 0 Å². The monoisotopic (exact) mass is 395 g/mol. The number of aromatic amines is 1. The molecule has 1 aliphatic carbocycles. The van der Waals surface area contributed by atoms with E-state index in [-0.39, 0.29) is 12.1 Å². The van der Waals surface area contributed by atoms with Crippen molar-refractivity contribution in [2.75, 3.05) is 13.6 Å². The fourth-order valence-corrected chi connectivity index (χ4v) is 4.44. The number of halogens is 3. The smallest absolute Gasteiger partial charge is 0.385 e. The second kappa shape index (κ2) is 7.04. The number of H-pyrrole nitrogens is 1. The summed E-state index contributed by atoms with van der Waals surface area (Å²) in [6, 6.07) is 1.94. The standard InChI is InChI=1S/C19H24F3N5O/c1-11(28)18-25-15-9-24-17-14(7-8-23-17)16(15)27(18)13-5-3-12(4-6-13)26(2)10-19(20,21)22/h7-9,11-13,28H,3-6,10H2,1-2H3,(H,23,24)/t11-,12-,13-/m1/s1. The lowest BCUT2D eigenvalue weighted by Gasteiger charge is -2.36. The zero-order valence-corrected chi connectivity index (χ0v) is 15.9. The number of aromatic nitrogens is 4. The first-order chi connectivity index (χ1) is 13.2. The number of nitrogens with one attached hydrogen (secondary N) is 1. The average Bonchev–Trinajstić information content (AvgIpc) is 3.24. The van der Waals surface area contributed by atoms with Crippen LogP contribution in [0.4, 0.5) is 13.2 Å². The summed E-state index contributed by atoms with van der Waals surface area (Å²) in [5, 5.41) is 11.2. The van der Waals surface area contributed by atoms with Gasteiger partial charge in [0, 0.05) is 23.7 Å². The maximum atomic E-state index is 12.7. The van der Waals surface area contributed by atoms with Gasteiger partial charge < -0.3 is 14.7 Å². The van der Waals surface area contributed by atoms with Crippen LogP contribution in [-0.2, 0) is 0 Å². The van der Waals surface area contributed by atoms with Crippen molar-refractivity contribution >= 4 is 22.1 Å². The number of nitrogens with zero attached hydrogens (tertiary/aromatic N) is 4. The number of imidazole rings is 1. The fourth-order valence-electron chi connectivity index (χ4n) is 4.44. The lowest BCUT2D eigenvalue weighted by molar-refractivity contribution is -0.148. The van der Waals surface area contributed by atoms with Crippen LogP contribution in [-0.4, -0.2) is 55.3 Å². The molecule has 6 nitrogen and oxygen atoms in total. The molecule has 152 valence electrons. The molecule has 4 rings (SSSR count). The molecule has 3 aromatic rings. The Morgan fingerprint density at radius 3 is 2.68 bits per heavy atom. The van der Waals surface area contributed by atoms with Gasteiger partial charge in [-0.15, -0.1) is 0 Å². The molecule has 1 saturated carbocycles. The van der Waals surface area contributed by atoms with Crippen molar-refractivity contribution in [1.82, 2.24) is 24.4 Å². The van der Waals surface area contributed by atoms with Crippen molar-refractivity contribution in [1.29, 1.82) is 0 Å². The maximum absolute atomic E-state index is 12.7. The Morgan fingerprint density at radius 1 is 1.32 bits per heavy atom. The second-order valence-electron chi connectivity index (χ2n) is 7.74. The summed E-state index contributed by atoms with van der Waals surface area (Å²) in [7, 11) is 1.54. The predicted molar refractivity (Wildman–Crippen MR) is 100.0 cm³/mol. The molecule has 0 unspecified atom stereocenters. The number of fused-ring (bicyclic) bond motifs is 3. The first-order valence-corrected chi connectivity index (χ1v) is 9.53. The number of alkyl halides is 3. The molecule has 3 aromatic heterocycles. The number of pyridine rings is 1. The molecule has 28 heavy (non-hydrogen) atoms. The molecule has 0 amide bonds. The van der Waals surface area contributed by atoms with E-state index in [2.05, 4.69) is 19.5 Å². The van der Waals surface area contributed by atoms with Gasteiger partial charge in [0.2, 0.25) is 0 Å². The molecule has 3 heterocycles. The normalized spacial score (nSPS) is 22.4. The van der Waals surface area contributed by atoms with Gasteiger partial charge in [-0.2, -0.15) is 13.2 Å². The molecule has 0 aromatic carbocycles. The molecule has 1 atom stereocenters. The summed E-state index contributed by atoms with van der Waals surface area (Å²) in [6.45, 7) is 0.799. The van der Waals surface area contributed by atoms with Crippen molar-refractivity contribution in [3.8, 4) is 0 Å².